The van der Waals surface area contributed by atoms with Crippen molar-refractivity contribution in [1.29, 1.82) is 0 Å². The summed E-state index contributed by atoms with van der Waals surface area (Å²) in [6, 6.07) is 1.98. The van der Waals surface area contributed by atoms with Crippen LogP contribution in [0.15, 0.2) is 6.07 Å². The lowest BCUT2D eigenvalue weighted by Gasteiger charge is -2.37. The number of hydrogen-bond donors (Lipinski definition) is 1. The summed E-state index contributed by atoms with van der Waals surface area (Å²) in [5.74, 6) is 1.80. The van der Waals surface area contributed by atoms with Crippen LogP contribution in [0, 0.1) is 6.92 Å². The molecular formula is C14H24N4O. The number of ether oxygens (including phenoxy) is 1. The van der Waals surface area contributed by atoms with E-state index in [0.29, 0.717) is 0 Å². The van der Waals surface area contributed by atoms with E-state index in [1.165, 1.54) is 0 Å². The van der Waals surface area contributed by atoms with Gasteiger partial charge in [0.2, 0.25) is 0 Å². The van der Waals surface area contributed by atoms with Crippen molar-refractivity contribution < 1.29 is 4.74 Å². The quantitative estimate of drug-likeness (QED) is 0.899. The maximum Gasteiger partial charge on any atom is 0.144 e. The summed E-state index contributed by atoms with van der Waals surface area (Å²) >= 11 is 0. The van der Waals surface area contributed by atoms with Crippen LogP contribution >= 0.6 is 0 Å². The maximum atomic E-state index is 5.72. The second-order valence-electron chi connectivity index (χ2n) is 5.66. The average molecular weight is 264 g/mol. The molecule has 5 heteroatoms. The minimum atomic E-state index is -0.0768. The summed E-state index contributed by atoms with van der Waals surface area (Å²) in [5.41, 5.74) is 0.931. The van der Waals surface area contributed by atoms with Crippen LogP contribution in [0.5, 0.6) is 0 Å². The second-order valence-corrected chi connectivity index (χ2v) is 5.66. The second kappa shape index (κ2) is 5.84. The third-order valence-electron chi connectivity index (χ3n) is 3.13. The van der Waals surface area contributed by atoms with Crippen LogP contribution in [-0.4, -0.2) is 46.7 Å². The molecular weight excluding hydrogens is 240 g/mol. The first-order valence-corrected chi connectivity index (χ1v) is 6.93. The summed E-state index contributed by atoms with van der Waals surface area (Å²) in [6.45, 7) is 12.6. The first kappa shape index (κ1) is 14.2. The molecule has 19 heavy (non-hydrogen) atoms. The fourth-order valence-corrected chi connectivity index (χ4v) is 2.42. The molecule has 0 unspecified atom stereocenters. The van der Waals surface area contributed by atoms with Gasteiger partial charge in [0, 0.05) is 31.4 Å². The minimum absolute atomic E-state index is 0.0768. The largest absolute Gasteiger partial charge is 0.373 e. The van der Waals surface area contributed by atoms with Crippen molar-refractivity contribution in [3.63, 3.8) is 0 Å². The molecule has 0 radical (unpaired) electrons. The monoisotopic (exact) mass is 264 g/mol. The molecule has 0 saturated carbocycles. The van der Waals surface area contributed by atoms with E-state index in [2.05, 4.69) is 41.0 Å². The Kier molecular flexibility index (Phi) is 4.37. The number of nitrogens with zero attached hydrogens (tertiary/aromatic N) is 3. The molecule has 1 aliphatic heterocycles. The van der Waals surface area contributed by atoms with E-state index in [1.807, 2.05) is 13.0 Å². The van der Waals surface area contributed by atoms with Gasteiger partial charge in [0.25, 0.3) is 0 Å². The third kappa shape index (κ3) is 4.14. The van der Waals surface area contributed by atoms with Crippen LogP contribution < -0.4 is 5.32 Å². The first-order valence-electron chi connectivity index (χ1n) is 6.93. The number of aromatic nitrogens is 2. The number of aryl methyl sites for hydroxylation is 1. The highest BCUT2D eigenvalue weighted by Crippen LogP contribution is 2.18. The number of nitrogens with one attached hydrogen (secondary N) is 1. The first-order chi connectivity index (χ1) is 8.98. The van der Waals surface area contributed by atoms with Gasteiger partial charge in [-0.15, -0.1) is 0 Å². The van der Waals surface area contributed by atoms with Crippen molar-refractivity contribution >= 4 is 5.82 Å². The highest BCUT2D eigenvalue weighted by atomic mass is 16.5. The molecule has 1 aliphatic rings. The Morgan fingerprint density at radius 3 is 2.89 bits per heavy atom. The maximum absolute atomic E-state index is 5.72. The Bertz CT molecular complexity index is 433. The van der Waals surface area contributed by atoms with Crippen LogP contribution in [0.25, 0.3) is 0 Å². The molecule has 1 aromatic heterocycles. The highest BCUT2D eigenvalue weighted by molar-refractivity contribution is 5.35. The lowest BCUT2D eigenvalue weighted by molar-refractivity contribution is -0.0887. The van der Waals surface area contributed by atoms with Gasteiger partial charge in [-0.25, -0.2) is 9.97 Å². The predicted molar refractivity (Wildman–Crippen MR) is 76.2 cm³/mol. The van der Waals surface area contributed by atoms with Crippen molar-refractivity contribution in [3.05, 3.63) is 17.6 Å². The number of morpholine rings is 1. The lowest BCUT2D eigenvalue weighted by atomic mass is 10.1. The Labute approximate surface area is 115 Å². The smallest absolute Gasteiger partial charge is 0.144 e. The standard InChI is InChI=1S/C14H24N4O/c1-5-15-12-8-11(2)16-13(17-12)9-18-6-7-19-14(3,4)10-18/h8H,5-7,9-10H2,1-4H3,(H,15,16,17). The molecule has 0 aromatic carbocycles. The normalized spacial score (nSPS) is 19.4. The van der Waals surface area contributed by atoms with Gasteiger partial charge in [-0.05, 0) is 27.7 Å². The molecule has 5 nitrogen and oxygen atoms in total. The predicted octanol–water partition coefficient (Wildman–Crippen LogP) is 1.83. The van der Waals surface area contributed by atoms with Gasteiger partial charge in [-0.2, -0.15) is 0 Å². The number of rotatable bonds is 4. The van der Waals surface area contributed by atoms with Crippen molar-refractivity contribution in [2.75, 3.05) is 31.6 Å². The Hall–Kier alpha value is -1.20. The van der Waals surface area contributed by atoms with Crippen LogP contribution in [-0.2, 0) is 11.3 Å². The molecule has 0 atom stereocenters. The summed E-state index contributed by atoms with van der Waals surface area (Å²) in [4.78, 5) is 11.4. The molecule has 0 bridgehead atoms. The van der Waals surface area contributed by atoms with E-state index >= 15 is 0 Å². The summed E-state index contributed by atoms with van der Waals surface area (Å²) in [6.07, 6.45) is 0. The van der Waals surface area contributed by atoms with Gasteiger partial charge in [-0.1, -0.05) is 0 Å². The van der Waals surface area contributed by atoms with Crippen LogP contribution in [0.1, 0.15) is 32.3 Å². The molecule has 0 aliphatic carbocycles. The van der Waals surface area contributed by atoms with Crippen LogP contribution in [0.3, 0.4) is 0 Å². The van der Waals surface area contributed by atoms with E-state index < -0.39 is 0 Å². The topological polar surface area (TPSA) is 50.3 Å². The molecule has 0 spiro atoms. The van der Waals surface area contributed by atoms with Crippen molar-refractivity contribution in [1.82, 2.24) is 14.9 Å². The molecule has 1 N–H and O–H groups in total. The third-order valence-corrected chi connectivity index (χ3v) is 3.13. The van der Waals surface area contributed by atoms with E-state index in [9.17, 15) is 0 Å². The summed E-state index contributed by atoms with van der Waals surface area (Å²) in [5, 5.41) is 3.25. The number of hydrogen-bond acceptors (Lipinski definition) is 5. The van der Waals surface area contributed by atoms with E-state index in [1.54, 1.807) is 0 Å². The Morgan fingerprint density at radius 1 is 1.42 bits per heavy atom. The molecule has 1 fully saturated rings. The molecule has 1 aromatic rings. The lowest BCUT2D eigenvalue weighted by Crippen LogP contribution is -2.47. The average Bonchev–Trinajstić information content (AvgIpc) is 2.26. The van der Waals surface area contributed by atoms with E-state index in [0.717, 1.165) is 50.1 Å². The molecule has 1 saturated heterocycles. The van der Waals surface area contributed by atoms with Gasteiger partial charge >= 0.3 is 0 Å². The highest BCUT2D eigenvalue weighted by Gasteiger charge is 2.27. The van der Waals surface area contributed by atoms with E-state index in [4.69, 9.17) is 4.74 Å². The summed E-state index contributed by atoms with van der Waals surface area (Å²) < 4.78 is 5.72. The van der Waals surface area contributed by atoms with Crippen LogP contribution in [0.2, 0.25) is 0 Å². The van der Waals surface area contributed by atoms with Gasteiger partial charge in [0.15, 0.2) is 0 Å². The van der Waals surface area contributed by atoms with Crippen molar-refractivity contribution in [3.8, 4) is 0 Å². The molecule has 0 amide bonds. The fourth-order valence-electron chi connectivity index (χ4n) is 2.42. The van der Waals surface area contributed by atoms with E-state index in [-0.39, 0.29) is 5.60 Å². The van der Waals surface area contributed by atoms with Gasteiger partial charge in [0.05, 0.1) is 18.8 Å². The van der Waals surface area contributed by atoms with Gasteiger partial charge in [0.1, 0.15) is 11.6 Å². The number of anilines is 1. The van der Waals surface area contributed by atoms with Gasteiger partial charge in [-0.3, -0.25) is 4.90 Å². The Balaban J connectivity index is 2.06. The van der Waals surface area contributed by atoms with Crippen LogP contribution in [0.4, 0.5) is 5.82 Å². The SMILES string of the molecule is CCNc1cc(C)nc(CN2CCOC(C)(C)C2)n1. The molecule has 106 valence electrons. The summed E-state index contributed by atoms with van der Waals surface area (Å²) in [7, 11) is 0. The van der Waals surface area contributed by atoms with Crippen molar-refractivity contribution in [2.24, 2.45) is 0 Å². The molecule has 2 rings (SSSR count). The van der Waals surface area contributed by atoms with Crippen molar-refractivity contribution in [2.45, 2.75) is 39.8 Å². The van der Waals surface area contributed by atoms with Gasteiger partial charge < -0.3 is 10.1 Å². The zero-order valence-electron chi connectivity index (χ0n) is 12.4. The fraction of sp³-hybridized carbons (Fsp3) is 0.714. The minimum Gasteiger partial charge on any atom is -0.373 e. The zero-order valence-corrected chi connectivity index (χ0v) is 12.4. The zero-order chi connectivity index (χ0) is 13.9. The molecule has 2 heterocycles. The Morgan fingerprint density at radius 2 is 2.21 bits per heavy atom.